The van der Waals surface area contributed by atoms with E-state index in [1.54, 1.807) is 0 Å². The van der Waals surface area contributed by atoms with Crippen molar-refractivity contribution in [3.8, 4) is 5.75 Å². The maximum atomic E-state index is 6.14. The summed E-state index contributed by atoms with van der Waals surface area (Å²) in [5, 5.41) is 3.33. The molecule has 0 amide bonds. The van der Waals surface area contributed by atoms with E-state index in [0.717, 1.165) is 42.2 Å². The van der Waals surface area contributed by atoms with Gasteiger partial charge in [0.05, 0.1) is 19.2 Å². The number of pyridine rings is 1. The highest BCUT2D eigenvalue weighted by Gasteiger charge is 2.21. The number of aliphatic imine (C=N–C) groups is 1. The molecule has 1 fully saturated rings. The molecule has 0 bridgehead atoms. The zero-order chi connectivity index (χ0) is 19.2. The molecule has 2 aliphatic rings. The molecule has 3 heterocycles. The molecule has 0 radical (unpaired) electrons. The summed E-state index contributed by atoms with van der Waals surface area (Å²) in [5.41, 5.74) is 8.34. The van der Waals surface area contributed by atoms with Gasteiger partial charge < -0.3 is 20.7 Å². The van der Waals surface area contributed by atoms with E-state index in [1.807, 2.05) is 24.4 Å². The van der Waals surface area contributed by atoms with Gasteiger partial charge in [0.1, 0.15) is 11.6 Å². The third kappa shape index (κ3) is 5.74. The zero-order valence-corrected chi connectivity index (χ0v) is 19.0. The molecule has 0 saturated carbocycles. The fourth-order valence-corrected chi connectivity index (χ4v) is 3.89. The Labute approximate surface area is 190 Å². The van der Waals surface area contributed by atoms with Gasteiger partial charge in [-0.15, -0.1) is 24.0 Å². The van der Waals surface area contributed by atoms with Gasteiger partial charge in [-0.25, -0.2) is 9.98 Å². The number of nitrogens with two attached hydrogens (primary N) is 1. The Morgan fingerprint density at radius 3 is 2.69 bits per heavy atom. The molecule has 2 aromatic rings. The van der Waals surface area contributed by atoms with Crippen LogP contribution in [0.2, 0.25) is 0 Å². The summed E-state index contributed by atoms with van der Waals surface area (Å²) in [6.45, 7) is 3.42. The average molecular weight is 507 g/mol. The number of benzene rings is 1. The fourth-order valence-electron chi connectivity index (χ4n) is 3.89. The number of hydrogen-bond acceptors (Lipinski definition) is 4. The molecule has 1 aromatic heterocycles. The maximum Gasteiger partial charge on any atom is 0.189 e. The predicted molar refractivity (Wildman–Crippen MR) is 128 cm³/mol. The first-order chi connectivity index (χ1) is 13.8. The van der Waals surface area contributed by atoms with Gasteiger partial charge in [-0.05, 0) is 30.5 Å². The summed E-state index contributed by atoms with van der Waals surface area (Å²) >= 11 is 0. The maximum absolute atomic E-state index is 6.14. The molecule has 1 saturated heterocycles. The number of nitrogens with one attached hydrogen (secondary N) is 1. The van der Waals surface area contributed by atoms with Crippen molar-refractivity contribution in [1.29, 1.82) is 0 Å². The number of anilines is 1. The molecule has 7 heteroatoms. The standard InChI is InChI=1S/C22H29N5O.HI/c23-22(26-19-11-14-28-20-8-4-3-7-18(19)20)25-16-17-9-10-21(24-15-17)27-12-5-1-2-6-13-27;/h3-4,7-10,15,19H,1-2,5-6,11-14,16H2,(H3,23,25,26);1H. The predicted octanol–water partition coefficient (Wildman–Crippen LogP) is 4.01. The van der Waals surface area contributed by atoms with Crippen LogP contribution in [0.1, 0.15) is 49.3 Å². The van der Waals surface area contributed by atoms with Gasteiger partial charge in [-0.2, -0.15) is 0 Å². The Morgan fingerprint density at radius 1 is 1.14 bits per heavy atom. The molecule has 0 aliphatic carbocycles. The van der Waals surface area contributed by atoms with Gasteiger partial charge in [0.2, 0.25) is 0 Å². The monoisotopic (exact) mass is 507 g/mol. The lowest BCUT2D eigenvalue weighted by atomic mass is 10.0. The van der Waals surface area contributed by atoms with Gasteiger partial charge in [-0.1, -0.05) is 37.1 Å². The fraction of sp³-hybridized carbons (Fsp3) is 0.455. The second-order valence-corrected chi connectivity index (χ2v) is 7.50. The Balaban J connectivity index is 0.00000240. The Morgan fingerprint density at radius 2 is 1.93 bits per heavy atom. The summed E-state index contributed by atoms with van der Waals surface area (Å²) in [4.78, 5) is 11.5. The number of para-hydroxylation sites is 1. The third-order valence-corrected chi connectivity index (χ3v) is 5.45. The smallest absolute Gasteiger partial charge is 0.189 e. The molecule has 1 aromatic carbocycles. The van der Waals surface area contributed by atoms with Crippen LogP contribution in [0.4, 0.5) is 5.82 Å². The highest BCUT2D eigenvalue weighted by molar-refractivity contribution is 14.0. The topological polar surface area (TPSA) is 75.8 Å². The lowest BCUT2D eigenvalue weighted by molar-refractivity contribution is 0.262. The van der Waals surface area contributed by atoms with Crippen LogP contribution < -0.4 is 20.7 Å². The lowest BCUT2D eigenvalue weighted by Gasteiger charge is -2.26. The van der Waals surface area contributed by atoms with Crippen molar-refractivity contribution in [2.24, 2.45) is 10.7 Å². The molecule has 2 aliphatic heterocycles. The van der Waals surface area contributed by atoms with Crippen molar-refractivity contribution in [3.05, 3.63) is 53.7 Å². The van der Waals surface area contributed by atoms with Crippen molar-refractivity contribution in [2.75, 3.05) is 24.6 Å². The number of ether oxygens (including phenoxy) is 1. The summed E-state index contributed by atoms with van der Waals surface area (Å²) in [6.07, 6.45) is 7.96. The Hall–Kier alpha value is -2.03. The van der Waals surface area contributed by atoms with Gasteiger partial charge in [0, 0.05) is 31.3 Å². The normalized spacial score (nSPS) is 19.4. The number of rotatable bonds is 4. The van der Waals surface area contributed by atoms with E-state index in [9.17, 15) is 0 Å². The average Bonchev–Trinajstić information content (AvgIpc) is 3.03. The summed E-state index contributed by atoms with van der Waals surface area (Å²) in [7, 11) is 0. The highest BCUT2D eigenvalue weighted by atomic mass is 127. The molecule has 29 heavy (non-hydrogen) atoms. The summed E-state index contributed by atoms with van der Waals surface area (Å²) in [5.74, 6) is 2.45. The number of hydrogen-bond donors (Lipinski definition) is 2. The van der Waals surface area contributed by atoms with Crippen molar-refractivity contribution < 1.29 is 4.74 Å². The first-order valence-electron chi connectivity index (χ1n) is 10.3. The Kier molecular flexibility index (Phi) is 7.97. The number of halogens is 1. The van der Waals surface area contributed by atoms with E-state index >= 15 is 0 Å². The van der Waals surface area contributed by atoms with Gasteiger partial charge in [0.25, 0.3) is 0 Å². The van der Waals surface area contributed by atoms with Crippen molar-refractivity contribution in [1.82, 2.24) is 10.3 Å². The first kappa shape index (κ1) is 21.7. The first-order valence-corrected chi connectivity index (χ1v) is 10.3. The van der Waals surface area contributed by atoms with E-state index < -0.39 is 0 Å². The van der Waals surface area contributed by atoms with Crippen LogP contribution in [0.15, 0.2) is 47.6 Å². The van der Waals surface area contributed by atoms with Crippen LogP contribution in [0, 0.1) is 0 Å². The van der Waals surface area contributed by atoms with Crippen molar-refractivity contribution >= 4 is 35.8 Å². The Bertz CT molecular complexity index is 803. The minimum atomic E-state index is 0. The van der Waals surface area contributed by atoms with Crippen molar-refractivity contribution in [2.45, 2.75) is 44.7 Å². The molecule has 6 nitrogen and oxygen atoms in total. The molecule has 4 rings (SSSR count). The van der Waals surface area contributed by atoms with E-state index in [-0.39, 0.29) is 30.0 Å². The SMILES string of the molecule is I.NC(=NCc1ccc(N2CCCCCC2)nc1)NC1CCOc2ccccc21. The van der Waals surface area contributed by atoms with Gasteiger partial charge in [0.15, 0.2) is 5.96 Å². The number of aromatic nitrogens is 1. The third-order valence-electron chi connectivity index (χ3n) is 5.45. The minimum absolute atomic E-state index is 0. The van der Waals surface area contributed by atoms with E-state index in [1.165, 1.54) is 25.7 Å². The van der Waals surface area contributed by atoms with Gasteiger partial charge in [-0.3, -0.25) is 0 Å². The number of guanidine groups is 1. The molecule has 1 unspecified atom stereocenters. The zero-order valence-electron chi connectivity index (χ0n) is 16.7. The molecular weight excluding hydrogens is 477 g/mol. The largest absolute Gasteiger partial charge is 0.493 e. The number of fused-ring (bicyclic) bond motifs is 1. The molecule has 0 spiro atoms. The van der Waals surface area contributed by atoms with Crippen LogP contribution in [0.5, 0.6) is 5.75 Å². The van der Waals surface area contributed by atoms with Crippen LogP contribution in [-0.2, 0) is 6.54 Å². The van der Waals surface area contributed by atoms with Crippen molar-refractivity contribution in [3.63, 3.8) is 0 Å². The van der Waals surface area contributed by atoms with Crippen LogP contribution in [0.3, 0.4) is 0 Å². The van der Waals surface area contributed by atoms with Crippen LogP contribution >= 0.6 is 24.0 Å². The van der Waals surface area contributed by atoms with Crippen LogP contribution in [0.25, 0.3) is 0 Å². The second-order valence-electron chi connectivity index (χ2n) is 7.50. The van der Waals surface area contributed by atoms with E-state index in [2.05, 4.69) is 38.4 Å². The summed E-state index contributed by atoms with van der Waals surface area (Å²) < 4.78 is 5.70. The highest BCUT2D eigenvalue weighted by Crippen LogP contribution is 2.31. The lowest BCUT2D eigenvalue weighted by Crippen LogP contribution is -2.37. The quantitative estimate of drug-likeness (QED) is 0.372. The minimum Gasteiger partial charge on any atom is -0.493 e. The molecule has 1 atom stereocenters. The van der Waals surface area contributed by atoms with Crippen LogP contribution in [-0.4, -0.2) is 30.6 Å². The second kappa shape index (κ2) is 10.7. The van der Waals surface area contributed by atoms with E-state index in [0.29, 0.717) is 19.1 Å². The molecular formula is C22H30IN5O. The van der Waals surface area contributed by atoms with Gasteiger partial charge >= 0.3 is 0 Å². The summed E-state index contributed by atoms with van der Waals surface area (Å²) in [6, 6.07) is 12.4. The molecule has 156 valence electrons. The van der Waals surface area contributed by atoms with E-state index in [4.69, 9.17) is 10.5 Å². The molecule has 3 N–H and O–H groups in total. The number of nitrogens with zero attached hydrogens (tertiary/aromatic N) is 3.